The van der Waals surface area contributed by atoms with E-state index in [2.05, 4.69) is 14.9 Å². The third-order valence-corrected chi connectivity index (χ3v) is 4.36. The van der Waals surface area contributed by atoms with Gasteiger partial charge in [0.25, 0.3) is 0 Å². The van der Waals surface area contributed by atoms with Crippen molar-refractivity contribution in [1.82, 2.24) is 9.62 Å². The minimum Gasteiger partial charge on any atom is -0.326 e. The van der Waals surface area contributed by atoms with Gasteiger partial charge < -0.3 is 10.2 Å². The first-order valence-electron chi connectivity index (χ1n) is 7.47. The summed E-state index contributed by atoms with van der Waals surface area (Å²) in [5.74, 6) is -0.0237. The van der Waals surface area contributed by atoms with Crippen molar-refractivity contribution in [1.29, 1.82) is 0 Å². The number of anilines is 1. The molecule has 1 saturated heterocycles. The quantitative estimate of drug-likeness (QED) is 0.819. The van der Waals surface area contributed by atoms with Crippen LogP contribution in [0.25, 0.3) is 0 Å². The lowest BCUT2D eigenvalue weighted by atomic mass is 10.1. The van der Waals surface area contributed by atoms with E-state index < -0.39 is 10.0 Å². The molecule has 0 aliphatic carbocycles. The summed E-state index contributed by atoms with van der Waals surface area (Å²) in [5.41, 5.74) is 0.794. The van der Waals surface area contributed by atoms with Crippen LogP contribution >= 0.6 is 0 Å². The third-order valence-electron chi connectivity index (χ3n) is 3.60. The van der Waals surface area contributed by atoms with E-state index in [4.69, 9.17) is 0 Å². The Morgan fingerprint density at radius 3 is 2.73 bits per heavy atom. The van der Waals surface area contributed by atoms with Gasteiger partial charge in [-0.2, -0.15) is 0 Å². The maximum atomic E-state index is 11.9. The van der Waals surface area contributed by atoms with Crippen LogP contribution in [0.15, 0.2) is 30.3 Å². The fourth-order valence-electron chi connectivity index (χ4n) is 2.66. The summed E-state index contributed by atoms with van der Waals surface area (Å²) in [7, 11) is -3.18. The highest BCUT2D eigenvalue weighted by molar-refractivity contribution is 7.88. The van der Waals surface area contributed by atoms with Gasteiger partial charge >= 0.3 is 0 Å². The first kappa shape index (κ1) is 16.9. The predicted molar refractivity (Wildman–Crippen MR) is 87.1 cm³/mol. The van der Waals surface area contributed by atoms with Gasteiger partial charge in [-0.25, -0.2) is 13.1 Å². The molecule has 1 aliphatic rings. The molecule has 2 rings (SSSR count). The molecule has 0 saturated carbocycles. The number of hydrogen-bond donors (Lipinski definition) is 2. The van der Waals surface area contributed by atoms with Crippen molar-refractivity contribution in [2.75, 3.05) is 31.2 Å². The zero-order valence-corrected chi connectivity index (χ0v) is 13.6. The number of carbonyl (C=O) groups excluding carboxylic acids is 1. The van der Waals surface area contributed by atoms with E-state index in [1.165, 1.54) is 6.26 Å². The third kappa shape index (κ3) is 6.13. The summed E-state index contributed by atoms with van der Waals surface area (Å²) in [4.78, 5) is 14.1. The van der Waals surface area contributed by atoms with E-state index in [-0.39, 0.29) is 11.9 Å². The summed E-state index contributed by atoms with van der Waals surface area (Å²) in [5, 5.41) is 2.85. The van der Waals surface area contributed by atoms with Crippen LogP contribution in [-0.4, -0.2) is 51.2 Å². The molecule has 2 N–H and O–H groups in total. The minimum absolute atomic E-state index is 0.0237. The monoisotopic (exact) mass is 325 g/mol. The highest BCUT2D eigenvalue weighted by atomic mass is 32.2. The van der Waals surface area contributed by atoms with Gasteiger partial charge in [0.15, 0.2) is 0 Å². The Morgan fingerprint density at radius 1 is 1.32 bits per heavy atom. The number of nitrogens with zero attached hydrogens (tertiary/aromatic N) is 1. The van der Waals surface area contributed by atoms with Gasteiger partial charge in [0.05, 0.1) is 6.26 Å². The molecule has 6 nitrogen and oxygen atoms in total. The van der Waals surface area contributed by atoms with Crippen molar-refractivity contribution in [3.05, 3.63) is 30.3 Å². The number of nitrogens with one attached hydrogen (secondary N) is 2. The van der Waals surface area contributed by atoms with Crippen molar-refractivity contribution in [2.45, 2.75) is 25.3 Å². The molecule has 1 fully saturated rings. The second-order valence-corrected chi connectivity index (χ2v) is 7.47. The molecule has 1 aromatic rings. The summed E-state index contributed by atoms with van der Waals surface area (Å²) in [6.45, 7) is 2.20. The van der Waals surface area contributed by atoms with Crippen LogP contribution < -0.4 is 10.0 Å². The SMILES string of the molecule is CS(=O)(=O)N[C@@H]1CCCN(CCC(=O)Nc2ccccc2)C1. The van der Waals surface area contributed by atoms with Crippen molar-refractivity contribution < 1.29 is 13.2 Å². The molecule has 22 heavy (non-hydrogen) atoms. The number of hydrogen-bond acceptors (Lipinski definition) is 4. The highest BCUT2D eigenvalue weighted by Crippen LogP contribution is 2.12. The van der Waals surface area contributed by atoms with Crippen molar-refractivity contribution in [3.63, 3.8) is 0 Å². The zero-order chi connectivity index (χ0) is 16.0. The molecule has 0 aromatic heterocycles. The van der Waals surface area contributed by atoms with Crippen LogP contribution in [0.1, 0.15) is 19.3 Å². The van der Waals surface area contributed by atoms with E-state index in [0.29, 0.717) is 19.5 Å². The Labute approximate surface area is 131 Å². The second-order valence-electron chi connectivity index (χ2n) is 5.69. The van der Waals surface area contributed by atoms with Gasteiger partial charge in [-0.15, -0.1) is 0 Å². The zero-order valence-electron chi connectivity index (χ0n) is 12.8. The van der Waals surface area contributed by atoms with E-state index in [0.717, 1.165) is 25.1 Å². The van der Waals surface area contributed by atoms with Gasteiger partial charge in [-0.1, -0.05) is 18.2 Å². The number of sulfonamides is 1. The lowest BCUT2D eigenvalue weighted by Crippen LogP contribution is -2.47. The van der Waals surface area contributed by atoms with E-state index in [1.807, 2.05) is 30.3 Å². The maximum Gasteiger partial charge on any atom is 0.225 e. The van der Waals surface area contributed by atoms with Gasteiger partial charge in [0, 0.05) is 31.2 Å². The smallest absolute Gasteiger partial charge is 0.225 e. The number of benzene rings is 1. The lowest BCUT2D eigenvalue weighted by Gasteiger charge is -2.32. The molecule has 1 aromatic carbocycles. The van der Waals surface area contributed by atoms with E-state index in [9.17, 15) is 13.2 Å². The van der Waals surface area contributed by atoms with Crippen LogP contribution in [0.2, 0.25) is 0 Å². The van der Waals surface area contributed by atoms with Gasteiger partial charge in [-0.3, -0.25) is 4.79 Å². The Hall–Kier alpha value is -1.44. The van der Waals surface area contributed by atoms with Crippen LogP contribution in [-0.2, 0) is 14.8 Å². The molecular formula is C15H23N3O3S. The fraction of sp³-hybridized carbons (Fsp3) is 0.533. The predicted octanol–water partition coefficient (Wildman–Crippen LogP) is 1.03. The van der Waals surface area contributed by atoms with Gasteiger partial charge in [0.2, 0.25) is 15.9 Å². The molecule has 0 spiro atoms. The van der Waals surface area contributed by atoms with Crippen molar-refractivity contribution >= 4 is 21.6 Å². The Morgan fingerprint density at radius 2 is 2.05 bits per heavy atom. The van der Waals surface area contributed by atoms with E-state index >= 15 is 0 Å². The maximum absolute atomic E-state index is 11.9. The molecule has 0 unspecified atom stereocenters. The number of piperidine rings is 1. The number of amides is 1. The largest absolute Gasteiger partial charge is 0.326 e. The molecule has 1 aliphatic heterocycles. The normalized spacial score (nSPS) is 19.8. The molecule has 0 bridgehead atoms. The second kappa shape index (κ2) is 7.71. The van der Waals surface area contributed by atoms with E-state index in [1.54, 1.807) is 0 Å². The fourth-order valence-corrected chi connectivity index (χ4v) is 3.46. The first-order valence-corrected chi connectivity index (χ1v) is 9.36. The summed E-state index contributed by atoms with van der Waals surface area (Å²) >= 11 is 0. The molecule has 1 atom stereocenters. The average Bonchev–Trinajstić information content (AvgIpc) is 2.45. The van der Waals surface area contributed by atoms with Gasteiger partial charge in [-0.05, 0) is 31.5 Å². The highest BCUT2D eigenvalue weighted by Gasteiger charge is 2.22. The number of likely N-dealkylation sites (tertiary alicyclic amines) is 1. The number of rotatable bonds is 6. The molecule has 1 heterocycles. The van der Waals surface area contributed by atoms with Gasteiger partial charge in [0.1, 0.15) is 0 Å². The van der Waals surface area contributed by atoms with Crippen LogP contribution in [0.3, 0.4) is 0 Å². The standard InChI is InChI=1S/C15H23N3O3S/c1-22(20,21)17-14-8-5-10-18(12-14)11-9-15(19)16-13-6-3-2-4-7-13/h2-4,6-7,14,17H,5,8-12H2,1H3,(H,16,19)/t14-/m1/s1. The number of para-hydroxylation sites is 1. The topological polar surface area (TPSA) is 78.5 Å². The molecule has 7 heteroatoms. The van der Waals surface area contributed by atoms with Crippen LogP contribution in [0.5, 0.6) is 0 Å². The summed E-state index contributed by atoms with van der Waals surface area (Å²) < 4.78 is 25.2. The average molecular weight is 325 g/mol. The Kier molecular flexibility index (Phi) is 5.93. The first-order chi connectivity index (χ1) is 10.4. The molecule has 1 amide bonds. The lowest BCUT2D eigenvalue weighted by molar-refractivity contribution is -0.116. The van der Waals surface area contributed by atoms with Crippen LogP contribution in [0.4, 0.5) is 5.69 Å². The molecule has 122 valence electrons. The molecular weight excluding hydrogens is 302 g/mol. The van der Waals surface area contributed by atoms with Crippen molar-refractivity contribution in [3.8, 4) is 0 Å². The minimum atomic E-state index is -3.18. The number of carbonyl (C=O) groups is 1. The summed E-state index contributed by atoms with van der Waals surface area (Å²) in [6.07, 6.45) is 3.37. The molecule has 0 radical (unpaired) electrons. The Balaban J connectivity index is 1.75. The Bertz CT molecular complexity index is 589. The van der Waals surface area contributed by atoms with Crippen LogP contribution in [0, 0.1) is 0 Å². The van der Waals surface area contributed by atoms with Crippen molar-refractivity contribution in [2.24, 2.45) is 0 Å². The summed E-state index contributed by atoms with van der Waals surface area (Å²) in [6, 6.07) is 9.30.